The van der Waals surface area contributed by atoms with Gasteiger partial charge in [0.05, 0.1) is 0 Å². The van der Waals surface area contributed by atoms with E-state index in [1.165, 1.54) is 27.7 Å². The second kappa shape index (κ2) is 4.09. The van der Waals surface area contributed by atoms with Crippen LogP contribution in [0.3, 0.4) is 0 Å². The van der Waals surface area contributed by atoms with E-state index in [1.807, 2.05) is 0 Å². The highest BCUT2D eigenvalue weighted by molar-refractivity contribution is 14.1. The largest absolute Gasteiger partial charge is 0.382 e. The van der Waals surface area contributed by atoms with Crippen molar-refractivity contribution in [1.29, 1.82) is 0 Å². The molecule has 14 heavy (non-hydrogen) atoms. The molecule has 0 saturated heterocycles. The summed E-state index contributed by atoms with van der Waals surface area (Å²) >= 11 is 2.39. The number of nitrogens with one attached hydrogen (secondary N) is 1. The van der Waals surface area contributed by atoms with Gasteiger partial charge in [-0.3, -0.25) is 0 Å². The number of halogens is 1. The fourth-order valence-corrected chi connectivity index (χ4v) is 2.17. The molecule has 1 fully saturated rings. The standard InChI is InChI=1S/C12H16IN/c1-8-3-6-11(7-12(8)13)14-9(2)10-4-5-10/h3,6-7,9-10,14H,4-5H2,1-2H3. The molecule has 1 aromatic carbocycles. The Labute approximate surface area is 99.4 Å². The Bertz CT molecular complexity index is 331. The molecular weight excluding hydrogens is 285 g/mol. The smallest absolute Gasteiger partial charge is 0.0353 e. The normalized spacial score (nSPS) is 17.9. The summed E-state index contributed by atoms with van der Waals surface area (Å²) < 4.78 is 1.34. The summed E-state index contributed by atoms with van der Waals surface area (Å²) in [7, 11) is 0. The third-order valence-corrected chi connectivity index (χ3v) is 4.06. The van der Waals surface area contributed by atoms with Crippen LogP contribution < -0.4 is 5.32 Å². The molecule has 1 N–H and O–H groups in total. The second-order valence-electron chi connectivity index (χ2n) is 4.23. The van der Waals surface area contributed by atoms with Crippen molar-refractivity contribution in [1.82, 2.24) is 0 Å². The molecular formula is C12H16IN. The molecule has 1 nitrogen and oxygen atoms in total. The minimum atomic E-state index is 0.633. The summed E-state index contributed by atoms with van der Waals surface area (Å²) in [6.45, 7) is 4.43. The van der Waals surface area contributed by atoms with E-state index in [0.29, 0.717) is 6.04 Å². The molecule has 0 aromatic heterocycles. The lowest BCUT2D eigenvalue weighted by atomic mass is 10.2. The topological polar surface area (TPSA) is 12.0 Å². The number of anilines is 1. The van der Waals surface area contributed by atoms with Crippen molar-refractivity contribution in [3.05, 3.63) is 27.3 Å². The zero-order valence-corrected chi connectivity index (χ0v) is 10.8. The highest BCUT2D eigenvalue weighted by atomic mass is 127. The van der Waals surface area contributed by atoms with Gasteiger partial charge in [0, 0.05) is 15.3 Å². The maximum atomic E-state index is 3.57. The first kappa shape index (κ1) is 10.3. The number of rotatable bonds is 3. The Hall–Kier alpha value is -0.250. The minimum absolute atomic E-state index is 0.633. The van der Waals surface area contributed by atoms with E-state index in [-0.39, 0.29) is 0 Å². The first-order chi connectivity index (χ1) is 6.66. The summed E-state index contributed by atoms with van der Waals surface area (Å²) in [4.78, 5) is 0. The van der Waals surface area contributed by atoms with Gasteiger partial charge >= 0.3 is 0 Å². The van der Waals surface area contributed by atoms with Gasteiger partial charge in [0.1, 0.15) is 0 Å². The Kier molecular flexibility index (Phi) is 3.00. The monoisotopic (exact) mass is 301 g/mol. The van der Waals surface area contributed by atoms with E-state index in [2.05, 4.69) is 60.0 Å². The summed E-state index contributed by atoms with van der Waals surface area (Å²) in [6.07, 6.45) is 2.80. The van der Waals surface area contributed by atoms with Gasteiger partial charge in [0.15, 0.2) is 0 Å². The molecule has 0 bridgehead atoms. The van der Waals surface area contributed by atoms with Crippen LogP contribution in [-0.4, -0.2) is 6.04 Å². The van der Waals surface area contributed by atoms with E-state index in [4.69, 9.17) is 0 Å². The summed E-state index contributed by atoms with van der Waals surface area (Å²) in [5.74, 6) is 0.911. The van der Waals surface area contributed by atoms with Crippen LogP contribution in [-0.2, 0) is 0 Å². The number of benzene rings is 1. The van der Waals surface area contributed by atoms with E-state index in [0.717, 1.165) is 5.92 Å². The van der Waals surface area contributed by atoms with Gasteiger partial charge in [-0.25, -0.2) is 0 Å². The lowest BCUT2D eigenvalue weighted by Crippen LogP contribution is -2.17. The molecule has 0 aliphatic heterocycles. The first-order valence-electron chi connectivity index (χ1n) is 5.19. The van der Waals surface area contributed by atoms with Crippen LogP contribution >= 0.6 is 22.6 Å². The van der Waals surface area contributed by atoms with Gasteiger partial charge in [-0.05, 0) is 72.9 Å². The van der Waals surface area contributed by atoms with Crippen molar-refractivity contribution >= 4 is 28.3 Å². The molecule has 1 aliphatic carbocycles. The number of aryl methyl sites for hydroxylation is 1. The zero-order chi connectivity index (χ0) is 10.1. The number of hydrogen-bond donors (Lipinski definition) is 1. The summed E-state index contributed by atoms with van der Waals surface area (Å²) in [5.41, 5.74) is 2.62. The predicted octanol–water partition coefficient (Wildman–Crippen LogP) is 3.81. The lowest BCUT2D eigenvalue weighted by Gasteiger charge is -2.14. The Morgan fingerprint density at radius 1 is 1.43 bits per heavy atom. The molecule has 2 rings (SSSR count). The van der Waals surface area contributed by atoms with Gasteiger partial charge in [-0.2, -0.15) is 0 Å². The molecule has 1 atom stereocenters. The maximum absolute atomic E-state index is 3.57. The molecule has 1 saturated carbocycles. The molecule has 0 spiro atoms. The van der Waals surface area contributed by atoms with Gasteiger partial charge in [0.2, 0.25) is 0 Å². The maximum Gasteiger partial charge on any atom is 0.0353 e. The zero-order valence-electron chi connectivity index (χ0n) is 8.68. The van der Waals surface area contributed by atoms with Crippen LogP contribution in [0.1, 0.15) is 25.3 Å². The van der Waals surface area contributed by atoms with Crippen molar-refractivity contribution in [2.75, 3.05) is 5.32 Å². The van der Waals surface area contributed by atoms with Crippen molar-refractivity contribution in [3.63, 3.8) is 0 Å². The quantitative estimate of drug-likeness (QED) is 0.837. The molecule has 1 aromatic rings. The highest BCUT2D eigenvalue weighted by Crippen LogP contribution is 2.34. The van der Waals surface area contributed by atoms with E-state index >= 15 is 0 Å². The average molecular weight is 301 g/mol. The van der Waals surface area contributed by atoms with Crippen LogP contribution in [0.2, 0.25) is 0 Å². The van der Waals surface area contributed by atoms with Gasteiger partial charge in [0.25, 0.3) is 0 Å². The van der Waals surface area contributed by atoms with Crippen molar-refractivity contribution in [2.45, 2.75) is 32.7 Å². The molecule has 1 unspecified atom stereocenters. The molecule has 76 valence electrons. The van der Waals surface area contributed by atoms with Gasteiger partial charge in [-0.15, -0.1) is 0 Å². The van der Waals surface area contributed by atoms with Crippen molar-refractivity contribution in [2.24, 2.45) is 5.92 Å². The Morgan fingerprint density at radius 2 is 2.14 bits per heavy atom. The van der Waals surface area contributed by atoms with Crippen LogP contribution in [0.4, 0.5) is 5.69 Å². The molecule has 2 heteroatoms. The van der Waals surface area contributed by atoms with Crippen LogP contribution in [0.25, 0.3) is 0 Å². The fraction of sp³-hybridized carbons (Fsp3) is 0.500. The minimum Gasteiger partial charge on any atom is -0.382 e. The molecule has 0 radical (unpaired) electrons. The summed E-state index contributed by atoms with van der Waals surface area (Å²) in [6, 6.07) is 7.23. The van der Waals surface area contributed by atoms with E-state index in [1.54, 1.807) is 0 Å². The third kappa shape index (κ3) is 2.41. The first-order valence-corrected chi connectivity index (χ1v) is 6.27. The highest BCUT2D eigenvalue weighted by Gasteiger charge is 2.27. The number of hydrogen-bond acceptors (Lipinski definition) is 1. The fourth-order valence-electron chi connectivity index (χ4n) is 1.66. The summed E-state index contributed by atoms with van der Waals surface area (Å²) in [5, 5.41) is 3.57. The van der Waals surface area contributed by atoms with Crippen molar-refractivity contribution < 1.29 is 0 Å². The van der Waals surface area contributed by atoms with Crippen LogP contribution in [0, 0.1) is 16.4 Å². The molecule has 0 amide bonds. The predicted molar refractivity (Wildman–Crippen MR) is 69.7 cm³/mol. The Balaban J connectivity index is 2.04. The van der Waals surface area contributed by atoms with E-state index < -0.39 is 0 Å². The van der Waals surface area contributed by atoms with Gasteiger partial charge < -0.3 is 5.32 Å². The average Bonchev–Trinajstić information content (AvgIpc) is 2.94. The van der Waals surface area contributed by atoms with Crippen molar-refractivity contribution in [3.8, 4) is 0 Å². The second-order valence-corrected chi connectivity index (χ2v) is 5.40. The lowest BCUT2D eigenvalue weighted by molar-refractivity contribution is 0.694. The SMILES string of the molecule is Cc1ccc(NC(C)C2CC2)cc1I. The van der Waals surface area contributed by atoms with E-state index in [9.17, 15) is 0 Å². The van der Waals surface area contributed by atoms with Crippen LogP contribution in [0.15, 0.2) is 18.2 Å². The van der Waals surface area contributed by atoms with Crippen LogP contribution in [0.5, 0.6) is 0 Å². The molecule has 1 aliphatic rings. The third-order valence-electron chi connectivity index (χ3n) is 2.90. The molecule has 0 heterocycles. The van der Waals surface area contributed by atoms with Gasteiger partial charge in [-0.1, -0.05) is 6.07 Å². The Morgan fingerprint density at radius 3 is 2.71 bits per heavy atom.